The van der Waals surface area contributed by atoms with Gasteiger partial charge in [-0.25, -0.2) is 17.8 Å². The molecule has 10 nitrogen and oxygen atoms in total. The average Bonchev–Trinajstić information content (AvgIpc) is 3.09. The Bertz CT molecular complexity index is 1090. The Balaban J connectivity index is 1.69. The van der Waals surface area contributed by atoms with E-state index < -0.39 is 14.9 Å². The maximum Gasteiger partial charge on any atom is 0.300 e. The molecule has 0 aliphatic carbocycles. The summed E-state index contributed by atoms with van der Waals surface area (Å²) in [6.45, 7) is 3.95. The summed E-state index contributed by atoms with van der Waals surface area (Å²) in [5, 5.41) is 21.5. The van der Waals surface area contributed by atoms with Crippen molar-refractivity contribution in [1.29, 1.82) is 0 Å². The van der Waals surface area contributed by atoms with Gasteiger partial charge in [-0.1, -0.05) is 24.3 Å². The molecule has 0 spiro atoms. The molecule has 0 unspecified atom stereocenters. The van der Waals surface area contributed by atoms with Crippen molar-refractivity contribution >= 4 is 32.4 Å². The molecule has 3 rings (SSSR count). The summed E-state index contributed by atoms with van der Waals surface area (Å²) in [6, 6.07) is 9.86. The molecule has 28 heavy (non-hydrogen) atoms. The summed E-state index contributed by atoms with van der Waals surface area (Å²) < 4.78 is 31.2. The molecule has 148 valence electrons. The lowest BCUT2D eigenvalue weighted by Crippen LogP contribution is -2.31. The van der Waals surface area contributed by atoms with Crippen LogP contribution in [0.1, 0.15) is 25.0 Å². The number of rotatable bonds is 8. The van der Waals surface area contributed by atoms with Crippen LogP contribution in [0, 0.1) is 10.1 Å². The first-order chi connectivity index (χ1) is 13.2. The predicted molar refractivity (Wildman–Crippen MR) is 103 cm³/mol. The second kappa shape index (κ2) is 7.90. The maximum atomic E-state index is 12.0. The number of anilines is 1. The number of nitrogens with one attached hydrogen (secondary N) is 2. The quantitative estimate of drug-likeness (QED) is 0.430. The number of hydrogen-bond donors (Lipinski definition) is 2. The third-order valence-electron chi connectivity index (χ3n) is 3.87. The predicted octanol–water partition coefficient (Wildman–Crippen LogP) is 2.57. The van der Waals surface area contributed by atoms with E-state index in [0.717, 1.165) is 5.56 Å². The van der Waals surface area contributed by atoms with Crippen molar-refractivity contribution in [3.8, 4) is 0 Å². The molecule has 0 aliphatic heterocycles. The van der Waals surface area contributed by atoms with Crippen LogP contribution in [-0.4, -0.2) is 29.7 Å². The molecule has 1 heterocycles. The average molecular weight is 405 g/mol. The van der Waals surface area contributed by atoms with Crippen LogP contribution >= 0.6 is 0 Å². The maximum absolute atomic E-state index is 12.0. The summed E-state index contributed by atoms with van der Waals surface area (Å²) >= 11 is 0. The lowest BCUT2D eigenvalue weighted by Gasteiger charge is -2.10. The summed E-state index contributed by atoms with van der Waals surface area (Å²) in [6.07, 6.45) is 0. The molecule has 0 saturated carbocycles. The van der Waals surface area contributed by atoms with Crippen molar-refractivity contribution in [2.45, 2.75) is 32.2 Å². The van der Waals surface area contributed by atoms with Gasteiger partial charge in [-0.05, 0) is 41.4 Å². The molecule has 0 radical (unpaired) electrons. The van der Waals surface area contributed by atoms with Crippen molar-refractivity contribution in [2.75, 3.05) is 5.32 Å². The van der Waals surface area contributed by atoms with E-state index in [1.54, 1.807) is 32.0 Å². The van der Waals surface area contributed by atoms with E-state index in [4.69, 9.17) is 0 Å². The zero-order chi connectivity index (χ0) is 20.3. The Morgan fingerprint density at radius 2 is 1.71 bits per heavy atom. The number of benzene rings is 2. The molecule has 0 atom stereocenters. The highest BCUT2D eigenvalue weighted by molar-refractivity contribution is 7.88. The van der Waals surface area contributed by atoms with Gasteiger partial charge in [-0.2, -0.15) is 0 Å². The molecule has 2 N–H and O–H groups in total. The van der Waals surface area contributed by atoms with E-state index in [9.17, 15) is 18.5 Å². The SMILES string of the molecule is CC(C)NS(=O)(=O)Cc1ccc(CNc2ccc([N+](=O)[O-])c3nonc23)cc1. The van der Waals surface area contributed by atoms with Crippen LogP contribution in [0.25, 0.3) is 11.0 Å². The highest BCUT2D eigenvalue weighted by Crippen LogP contribution is 2.28. The van der Waals surface area contributed by atoms with Crippen LogP contribution < -0.4 is 10.0 Å². The number of nitrogens with zero attached hydrogens (tertiary/aromatic N) is 3. The summed E-state index contributed by atoms with van der Waals surface area (Å²) in [5.41, 5.74) is 2.30. The van der Waals surface area contributed by atoms with E-state index >= 15 is 0 Å². The monoisotopic (exact) mass is 405 g/mol. The topological polar surface area (TPSA) is 140 Å². The van der Waals surface area contributed by atoms with Crippen molar-refractivity contribution in [3.05, 3.63) is 57.6 Å². The first-order valence-electron chi connectivity index (χ1n) is 8.46. The lowest BCUT2D eigenvalue weighted by molar-refractivity contribution is -0.383. The van der Waals surface area contributed by atoms with E-state index in [-0.39, 0.29) is 28.5 Å². The molecule has 0 bridgehead atoms. The van der Waals surface area contributed by atoms with Gasteiger partial charge in [-0.15, -0.1) is 0 Å². The van der Waals surface area contributed by atoms with Gasteiger partial charge < -0.3 is 5.32 Å². The molecule has 11 heteroatoms. The molecular weight excluding hydrogens is 386 g/mol. The van der Waals surface area contributed by atoms with Crippen LogP contribution in [0.5, 0.6) is 0 Å². The summed E-state index contributed by atoms with van der Waals surface area (Å²) in [5.74, 6) is -0.0908. The normalized spacial score (nSPS) is 11.8. The van der Waals surface area contributed by atoms with Crippen LogP contribution in [0.15, 0.2) is 41.0 Å². The minimum absolute atomic E-state index is 0.0770. The molecule has 2 aromatic carbocycles. The molecule has 0 saturated heterocycles. The third kappa shape index (κ3) is 4.61. The fourth-order valence-corrected chi connectivity index (χ4v) is 4.15. The van der Waals surface area contributed by atoms with E-state index in [1.807, 2.05) is 12.1 Å². The third-order valence-corrected chi connectivity index (χ3v) is 5.41. The number of non-ortho nitro benzene ring substituents is 1. The zero-order valence-corrected chi connectivity index (χ0v) is 16.1. The number of nitro benzene ring substituents is 1. The summed E-state index contributed by atoms with van der Waals surface area (Å²) in [7, 11) is -3.38. The van der Waals surface area contributed by atoms with Crippen molar-refractivity contribution in [2.24, 2.45) is 0 Å². The molecule has 0 fully saturated rings. The molecule has 0 aliphatic rings. The van der Waals surface area contributed by atoms with Gasteiger partial charge in [-0.3, -0.25) is 10.1 Å². The van der Waals surface area contributed by atoms with Crippen molar-refractivity contribution < 1.29 is 18.0 Å². The highest BCUT2D eigenvalue weighted by atomic mass is 32.2. The number of hydrogen-bond acceptors (Lipinski definition) is 8. The van der Waals surface area contributed by atoms with Gasteiger partial charge in [0.05, 0.1) is 16.4 Å². The first kappa shape index (κ1) is 19.7. The molecule has 3 aromatic rings. The second-order valence-electron chi connectivity index (χ2n) is 6.55. The van der Waals surface area contributed by atoms with Gasteiger partial charge in [0.25, 0.3) is 0 Å². The Kier molecular flexibility index (Phi) is 5.56. The first-order valence-corrected chi connectivity index (χ1v) is 10.1. The van der Waals surface area contributed by atoms with Gasteiger partial charge >= 0.3 is 5.69 Å². The fourth-order valence-electron chi connectivity index (χ4n) is 2.71. The number of sulfonamides is 1. The Morgan fingerprint density at radius 3 is 2.36 bits per heavy atom. The standard InChI is InChI=1S/C17H19N5O5S/c1-11(2)21-28(25,26)10-13-5-3-12(4-6-13)9-18-14-7-8-15(22(23)24)17-16(14)19-27-20-17/h3-8,11,18,21H,9-10H2,1-2H3. The lowest BCUT2D eigenvalue weighted by atomic mass is 10.1. The van der Waals surface area contributed by atoms with Gasteiger partial charge in [0, 0.05) is 18.7 Å². The number of aromatic nitrogens is 2. The molecular formula is C17H19N5O5S. The van der Waals surface area contributed by atoms with Gasteiger partial charge in [0.15, 0.2) is 5.52 Å². The zero-order valence-electron chi connectivity index (χ0n) is 15.2. The number of nitro groups is 1. The van der Waals surface area contributed by atoms with E-state index in [0.29, 0.717) is 17.8 Å². The molecule has 0 amide bonds. The van der Waals surface area contributed by atoms with Crippen LogP contribution in [0.4, 0.5) is 11.4 Å². The minimum Gasteiger partial charge on any atom is -0.379 e. The van der Waals surface area contributed by atoms with E-state index in [1.165, 1.54) is 6.07 Å². The van der Waals surface area contributed by atoms with Gasteiger partial charge in [0.1, 0.15) is 0 Å². The fraction of sp³-hybridized carbons (Fsp3) is 0.294. The van der Waals surface area contributed by atoms with E-state index in [2.05, 4.69) is 25.0 Å². The summed E-state index contributed by atoms with van der Waals surface area (Å²) in [4.78, 5) is 10.5. The Hall–Kier alpha value is -3.05. The van der Waals surface area contributed by atoms with Crippen molar-refractivity contribution in [1.82, 2.24) is 15.0 Å². The van der Waals surface area contributed by atoms with Crippen molar-refractivity contribution in [3.63, 3.8) is 0 Å². The van der Waals surface area contributed by atoms with Crippen LogP contribution in [0.2, 0.25) is 0 Å². The van der Waals surface area contributed by atoms with Gasteiger partial charge in [0.2, 0.25) is 15.5 Å². The smallest absolute Gasteiger partial charge is 0.300 e. The molecule has 1 aromatic heterocycles. The minimum atomic E-state index is -3.38. The Labute approximate surface area is 161 Å². The largest absolute Gasteiger partial charge is 0.379 e. The Morgan fingerprint density at radius 1 is 1.07 bits per heavy atom. The number of fused-ring (bicyclic) bond motifs is 1. The second-order valence-corrected chi connectivity index (χ2v) is 8.31. The van der Waals surface area contributed by atoms with Crippen LogP contribution in [0.3, 0.4) is 0 Å². The highest BCUT2D eigenvalue weighted by Gasteiger charge is 2.19. The van der Waals surface area contributed by atoms with Crippen LogP contribution in [-0.2, 0) is 22.3 Å².